The van der Waals surface area contributed by atoms with E-state index in [4.69, 9.17) is 15.6 Å². The molecule has 6 nitrogen and oxygen atoms in total. The Hall–Kier alpha value is -1.14. The second-order valence-electron chi connectivity index (χ2n) is 4.63. The second kappa shape index (κ2) is 5.46. The maximum Gasteiger partial charge on any atom is 0.329 e. The summed E-state index contributed by atoms with van der Waals surface area (Å²) in [5.74, 6) is -1.29. The lowest BCUT2D eigenvalue weighted by Crippen LogP contribution is -2.54. The lowest BCUT2D eigenvalue weighted by atomic mass is 9.95. The molecule has 4 N–H and O–H groups in total. The third-order valence-corrected chi connectivity index (χ3v) is 3.25. The number of ether oxygens (including phenoxy) is 1. The Bertz CT molecular complexity index is 300. The van der Waals surface area contributed by atoms with Gasteiger partial charge in [-0.05, 0) is 25.7 Å². The number of carbonyl (C=O) groups is 2. The number of nitrogens with one attached hydrogen (secondary N) is 1. The molecule has 0 saturated heterocycles. The molecule has 2 unspecified atom stereocenters. The van der Waals surface area contributed by atoms with Crippen molar-refractivity contribution in [2.75, 3.05) is 13.7 Å². The quantitative estimate of drug-likeness (QED) is 0.571. The van der Waals surface area contributed by atoms with Gasteiger partial charge in [-0.3, -0.25) is 4.79 Å². The van der Waals surface area contributed by atoms with Crippen LogP contribution in [-0.4, -0.2) is 42.3 Å². The Labute approximate surface area is 101 Å². The molecule has 1 amide bonds. The minimum Gasteiger partial charge on any atom is -0.480 e. The monoisotopic (exact) mass is 244 g/mol. The summed E-state index contributed by atoms with van der Waals surface area (Å²) in [5, 5.41) is 11.7. The number of rotatable bonds is 7. The van der Waals surface area contributed by atoms with E-state index in [0.29, 0.717) is 0 Å². The first-order valence-electron chi connectivity index (χ1n) is 5.71. The fourth-order valence-corrected chi connectivity index (χ4v) is 1.80. The van der Waals surface area contributed by atoms with E-state index in [1.54, 1.807) is 6.92 Å². The first kappa shape index (κ1) is 13.9. The zero-order valence-electron chi connectivity index (χ0n) is 10.2. The summed E-state index contributed by atoms with van der Waals surface area (Å²) in [6.07, 6.45) is 1.40. The highest BCUT2D eigenvalue weighted by Crippen LogP contribution is 2.39. The van der Waals surface area contributed by atoms with Gasteiger partial charge in [0, 0.05) is 13.7 Å². The predicted octanol–water partition coefficient (Wildman–Crippen LogP) is -0.280. The molecule has 0 aromatic carbocycles. The Morgan fingerprint density at radius 3 is 2.53 bits per heavy atom. The van der Waals surface area contributed by atoms with E-state index in [1.807, 2.05) is 0 Å². The van der Waals surface area contributed by atoms with Crippen LogP contribution in [0.4, 0.5) is 0 Å². The molecule has 6 heteroatoms. The molecule has 98 valence electrons. The van der Waals surface area contributed by atoms with Crippen LogP contribution in [0.25, 0.3) is 0 Å². The first-order chi connectivity index (χ1) is 7.93. The van der Waals surface area contributed by atoms with Gasteiger partial charge in [0.05, 0.1) is 12.5 Å². The molecule has 0 aromatic rings. The summed E-state index contributed by atoms with van der Waals surface area (Å²) in [6, 6.07) is 0. The maximum atomic E-state index is 11.7. The van der Waals surface area contributed by atoms with Crippen LogP contribution in [0.15, 0.2) is 0 Å². The molecule has 0 spiro atoms. The van der Waals surface area contributed by atoms with Crippen molar-refractivity contribution < 1.29 is 19.4 Å². The SMILES string of the molecule is COC(CN)CC(=O)NC(C)(C(=O)O)C1CC1. The number of nitrogens with two attached hydrogens (primary N) is 1. The van der Waals surface area contributed by atoms with E-state index < -0.39 is 11.5 Å². The Morgan fingerprint density at radius 2 is 2.18 bits per heavy atom. The molecule has 1 rings (SSSR count). The van der Waals surface area contributed by atoms with Crippen molar-refractivity contribution in [3.63, 3.8) is 0 Å². The van der Waals surface area contributed by atoms with Crippen molar-refractivity contribution in [3.05, 3.63) is 0 Å². The van der Waals surface area contributed by atoms with Gasteiger partial charge in [-0.1, -0.05) is 0 Å². The average molecular weight is 244 g/mol. The zero-order chi connectivity index (χ0) is 13.1. The molecule has 0 aromatic heterocycles. The zero-order valence-corrected chi connectivity index (χ0v) is 10.2. The second-order valence-corrected chi connectivity index (χ2v) is 4.63. The van der Waals surface area contributed by atoms with Crippen LogP contribution >= 0.6 is 0 Å². The van der Waals surface area contributed by atoms with E-state index >= 15 is 0 Å². The highest BCUT2D eigenvalue weighted by molar-refractivity contribution is 5.87. The van der Waals surface area contributed by atoms with Crippen molar-refractivity contribution in [1.82, 2.24) is 5.32 Å². The minimum atomic E-state index is -1.16. The fraction of sp³-hybridized carbons (Fsp3) is 0.818. The van der Waals surface area contributed by atoms with Crippen LogP contribution in [0.3, 0.4) is 0 Å². The smallest absolute Gasteiger partial charge is 0.329 e. The van der Waals surface area contributed by atoms with Crippen molar-refractivity contribution in [3.8, 4) is 0 Å². The van der Waals surface area contributed by atoms with Gasteiger partial charge >= 0.3 is 5.97 Å². The number of methoxy groups -OCH3 is 1. The van der Waals surface area contributed by atoms with Crippen LogP contribution in [0.5, 0.6) is 0 Å². The molecular formula is C11H20N2O4. The van der Waals surface area contributed by atoms with Crippen LogP contribution in [-0.2, 0) is 14.3 Å². The number of carbonyl (C=O) groups excluding carboxylic acids is 1. The van der Waals surface area contributed by atoms with E-state index in [1.165, 1.54) is 7.11 Å². The number of carboxylic acids is 1. The molecule has 2 atom stereocenters. The molecule has 0 radical (unpaired) electrons. The lowest BCUT2D eigenvalue weighted by molar-refractivity contribution is -0.148. The standard InChI is InChI=1S/C11H20N2O4/c1-11(10(15)16,7-3-4-7)13-9(14)5-8(6-12)17-2/h7-8H,3-6,12H2,1-2H3,(H,13,14)(H,15,16). The van der Waals surface area contributed by atoms with Crippen LogP contribution in [0.1, 0.15) is 26.2 Å². The average Bonchev–Trinajstić information content (AvgIpc) is 3.09. The Kier molecular flexibility index (Phi) is 4.47. The van der Waals surface area contributed by atoms with Gasteiger partial charge < -0.3 is 20.9 Å². The summed E-state index contributed by atoms with van der Waals surface area (Å²) in [5.41, 5.74) is 4.24. The third-order valence-electron chi connectivity index (χ3n) is 3.25. The molecule has 17 heavy (non-hydrogen) atoms. The van der Waals surface area contributed by atoms with Gasteiger partial charge in [0.1, 0.15) is 5.54 Å². The van der Waals surface area contributed by atoms with Gasteiger partial charge in [-0.25, -0.2) is 4.79 Å². The molecule has 1 saturated carbocycles. The molecule has 1 fully saturated rings. The first-order valence-corrected chi connectivity index (χ1v) is 5.71. The summed E-state index contributed by atoms with van der Waals surface area (Å²) in [7, 11) is 1.47. The third kappa shape index (κ3) is 3.41. The van der Waals surface area contributed by atoms with E-state index in [-0.39, 0.29) is 30.9 Å². The largest absolute Gasteiger partial charge is 0.480 e. The highest BCUT2D eigenvalue weighted by Gasteiger charge is 2.48. The molecule has 0 bridgehead atoms. The van der Waals surface area contributed by atoms with E-state index in [9.17, 15) is 9.59 Å². The van der Waals surface area contributed by atoms with Crippen molar-refractivity contribution in [2.45, 2.75) is 37.8 Å². The maximum absolute atomic E-state index is 11.7. The summed E-state index contributed by atoms with van der Waals surface area (Å²) < 4.78 is 4.99. The Morgan fingerprint density at radius 1 is 1.59 bits per heavy atom. The van der Waals surface area contributed by atoms with Gasteiger partial charge in [0.2, 0.25) is 5.91 Å². The van der Waals surface area contributed by atoms with E-state index in [2.05, 4.69) is 5.32 Å². The molecule has 1 aliphatic carbocycles. The number of hydrogen-bond acceptors (Lipinski definition) is 4. The van der Waals surface area contributed by atoms with Crippen LogP contribution < -0.4 is 11.1 Å². The molecule has 0 heterocycles. The van der Waals surface area contributed by atoms with Crippen molar-refractivity contribution in [1.29, 1.82) is 0 Å². The summed E-state index contributed by atoms with van der Waals surface area (Å²) >= 11 is 0. The number of amides is 1. The van der Waals surface area contributed by atoms with Gasteiger partial charge in [-0.15, -0.1) is 0 Å². The topological polar surface area (TPSA) is 102 Å². The van der Waals surface area contributed by atoms with Crippen molar-refractivity contribution >= 4 is 11.9 Å². The minimum absolute atomic E-state index is 0.0304. The number of hydrogen-bond donors (Lipinski definition) is 3. The number of aliphatic carboxylic acids is 1. The van der Waals surface area contributed by atoms with Gasteiger partial charge in [-0.2, -0.15) is 0 Å². The molecule has 1 aliphatic rings. The Balaban J connectivity index is 2.56. The summed E-state index contributed by atoms with van der Waals surface area (Å²) in [4.78, 5) is 22.9. The molecular weight excluding hydrogens is 224 g/mol. The van der Waals surface area contributed by atoms with E-state index in [0.717, 1.165) is 12.8 Å². The van der Waals surface area contributed by atoms with Crippen molar-refractivity contribution in [2.24, 2.45) is 11.7 Å². The fourth-order valence-electron chi connectivity index (χ4n) is 1.80. The molecule has 0 aliphatic heterocycles. The van der Waals surface area contributed by atoms with Gasteiger partial charge in [0.25, 0.3) is 0 Å². The predicted molar refractivity (Wildman–Crippen MR) is 61.4 cm³/mol. The highest BCUT2D eigenvalue weighted by atomic mass is 16.5. The summed E-state index contributed by atoms with van der Waals surface area (Å²) in [6.45, 7) is 1.78. The van der Waals surface area contributed by atoms with Gasteiger partial charge in [0.15, 0.2) is 0 Å². The van der Waals surface area contributed by atoms with Crippen LogP contribution in [0.2, 0.25) is 0 Å². The van der Waals surface area contributed by atoms with Crippen LogP contribution in [0, 0.1) is 5.92 Å². The lowest BCUT2D eigenvalue weighted by Gasteiger charge is -2.27. The number of carboxylic acid groups (broad SMARTS) is 1. The normalized spacial score (nSPS) is 20.4.